The molecule has 1 fully saturated rings. The van der Waals surface area contributed by atoms with Crippen molar-refractivity contribution in [1.82, 2.24) is 4.90 Å². The molecule has 0 spiro atoms. The largest absolute Gasteiger partial charge is 0.465 e. The Labute approximate surface area is 119 Å². The molecule has 0 bridgehead atoms. The SMILES string of the molecule is O=C(O)N1CCN(c2cc([N+](=O)[O-])cc3ccoc23)CC1. The summed E-state index contributed by atoms with van der Waals surface area (Å²) < 4.78 is 5.42. The number of nitro groups is 1. The van der Waals surface area contributed by atoms with Crippen molar-refractivity contribution in [2.45, 2.75) is 0 Å². The second kappa shape index (κ2) is 4.97. The zero-order valence-corrected chi connectivity index (χ0v) is 11.1. The summed E-state index contributed by atoms with van der Waals surface area (Å²) in [6.07, 6.45) is 0.544. The molecule has 0 aliphatic carbocycles. The summed E-state index contributed by atoms with van der Waals surface area (Å²) in [6, 6.07) is 4.62. The van der Waals surface area contributed by atoms with Gasteiger partial charge >= 0.3 is 6.09 Å². The molecule has 8 heteroatoms. The van der Waals surface area contributed by atoms with Gasteiger partial charge in [0, 0.05) is 43.7 Å². The number of fused-ring (bicyclic) bond motifs is 1. The number of rotatable bonds is 2. The summed E-state index contributed by atoms with van der Waals surface area (Å²) in [5.41, 5.74) is 1.22. The molecule has 8 nitrogen and oxygen atoms in total. The molecule has 1 aliphatic rings. The molecule has 21 heavy (non-hydrogen) atoms. The molecule has 1 aromatic heterocycles. The van der Waals surface area contributed by atoms with E-state index >= 15 is 0 Å². The zero-order valence-electron chi connectivity index (χ0n) is 11.1. The topological polar surface area (TPSA) is 100 Å². The average Bonchev–Trinajstić information content (AvgIpc) is 2.94. The number of amides is 1. The highest BCUT2D eigenvalue weighted by molar-refractivity contribution is 5.92. The highest BCUT2D eigenvalue weighted by Gasteiger charge is 2.24. The van der Waals surface area contributed by atoms with Gasteiger partial charge in [0.15, 0.2) is 5.58 Å². The van der Waals surface area contributed by atoms with E-state index in [4.69, 9.17) is 9.52 Å². The van der Waals surface area contributed by atoms with Gasteiger partial charge in [-0.15, -0.1) is 0 Å². The van der Waals surface area contributed by atoms with Gasteiger partial charge in [0.05, 0.1) is 16.9 Å². The minimum Gasteiger partial charge on any atom is -0.465 e. The molecule has 0 saturated carbocycles. The Morgan fingerprint density at radius 3 is 2.62 bits per heavy atom. The maximum absolute atomic E-state index is 11.0. The van der Waals surface area contributed by atoms with Crippen molar-refractivity contribution < 1.29 is 19.2 Å². The Balaban J connectivity index is 1.95. The maximum Gasteiger partial charge on any atom is 0.407 e. The number of piperazine rings is 1. The first-order valence-corrected chi connectivity index (χ1v) is 6.45. The quantitative estimate of drug-likeness (QED) is 0.672. The van der Waals surface area contributed by atoms with E-state index in [0.717, 1.165) is 0 Å². The van der Waals surface area contributed by atoms with Crippen LogP contribution < -0.4 is 4.90 Å². The lowest BCUT2D eigenvalue weighted by atomic mass is 10.1. The fourth-order valence-corrected chi connectivity index (χ4v) is 2.53. The van der Waals surface area contributed by atoms with Gasteiger partial charge in [-0.2, -0.15) is 0 Å². The summed E-state index contributed by atoms with van der Waals surface area (Å²) >= 11 is 0. The van der Waals surface area contributed by atoms with Crippen LogP contribution >= 0.6 is 0 Å². The molecule has 2 heterocycles. The van der Waals surface area contributed by atoms with E-state index in [1.807, 2.05) is 4.90 Å². The Hall–Kier alpha value is -2.77. The van der Waals surface area contributed by atoms with Crippen LogP contribution in [0.4, 0.5) is 16.2 Å². The maximum atomic E-state index is 11.0. The fourth-order valence-electron chi connectivity index (χ4n) is 2.53. The van der Waals surface area contributed by atoms with Crippen LogP contribution in [0.3, 0.4) is 0 Å². The number of carboxylic acid groups (broad SMARTS) is 1. The van der Waals surface area contributed by atoms with Gasteiger partial charge in [-0.25, -0.2) is 4.79 Å². The average molecular weight is 291 g/mol. The van der Waals surface area contributed by atoms with Gasteiger partial charge < -0.3 is 19.3 Å². The third-order valence-electron chi connectivity index (χ3n) is 3.62. The van der Waals surface area contributed by atoms with Crippen LogP contribution in [0.15, 0.2) is 28.9 Å². The lowest BCUT2D eigenvalue weighted by Gasteiger charge is -2.34. The summed E-state index contributed by atoms with van der Waals surface area (Å²) in [7, 11) is 0. The molecule has 1 aliphatic heterocycles. The van der Waals surface area contributed by atoms with Crippen LogP contribution in [-0.4, -0.2) is 47.2 Å². The monoisotopic (exact) mass is 291 g/mol. The van der Waals surface area contributed by atoms with Crippen molar-refractivity contribution in [3.8, 4) is 0 Å². The van der Waals surface area contributed by atoms with E-state index in [-0.39, 0.29) is 5.69 Å². The number of furan rings is 1. The van der Waals surface area contributed by atoms with Gasteiger partial charge in [-0.05, 0) is 6.07 Å². The number of non-ortho nitro benzene ring substituents is 1. The van der Waals surface area contributed by atoms with E-state index in [0.29, 0.717) is 42.8 Å². The minimum atomic E-state index is -0.947. The predicted molar refractivity (Wildman–Crippen MR) is 74.7 cm³/mol. The second-order valence-corrected chi connectivity index (χ2v) is 4.82. The molecule has 110 valence electrons. The second-order valence-electron chi connectivity index (χ2n) is 4.82. The third-order valence-corrected chi connectivity index (χ3v) is 3.62. The van der Waals surface area contributed by atoms with E-state index in [1.165, 1.54) is 23.3 Å². The van der Waals surface area contributed by atoms with Crippen LogP contribution in [0.2, 0.25) is 0 Å². The molecule has 2 aromatic rings. The smallest absolute Gasteiger partial charge is 0.407 e. The van der Waals surface area contributed by atoms with Gasteiger partial charge in [-0.3, -0.25) is 10.1 Å². The Bertz CT molecular complexity index is 703. The number of nitrogens with zero attached hydrogens (tertiary/aromatic N) is 3. The molecule has 1 N–H and O–H groups in total. The first-order valence-electron chi connectivity index (χ1n) is 6.45. The Morgan fingerprint density at radius 1 is 1.29 bits per heavy atom. The number of carbonyl (C=O) groups is 1. The van der Waals surface area contributed by atoms with Crippen LogP contribution in [0, 0.1) is 10.1 Å². The van der Waals surface area contributed by atoms with E-state index < -0.39 is 11.0 Å². The van der Waals surface area contributed by atoms with Crippen molar-refractivity contribution >= 4 is 28.4 Å². The fraction of sp³-hybridized carbons (Fsp3) is 0.308. The van der Waals surface area contributed by atoms with Crippen LogP contribution in [-0.2, 0) is 0 Å². The minimum absolute atomic E-state index is 0.000404. The Morgan fingerprint density at radius 2 is 2.00 bits per heavy atom. The van der Waals surface area contributed by atoms with Crippen LogP contribution in [0.25, 0.3) is 11.0 Å². The zero-order chi connectivity index (χ0) is 15.0. The Kier molecular flexibility index (Phi) is 3.13. The van der Waals surface area contributed by atoms with Gasteiger partial charge in [0.2, 0.25) is 0 Å². The summed E-state index contributed by atoms with van der Waals surface area (Å²) in [6.45, 7) is 1.67. The lowest BCUT2D eigenvalue weighted by Crippen LogP contribution is -2.48. The third kappa shape index (κ3) is 2.35. The van der Waals surface area contributed by atoms with Gasteiger partial charge in [0.1, 0.15) is 0 Å². The molecular weight excluding hydrogens is 278 g/mol. The van der Waals surface area contributed by atoms with Crippen LogP contribution in [0.1, 0.15) is 0 Å². The van der Waals surface area contributed by atoms with E-state index in [2.05, 4.69) is 0 Å². The summed E-state index contributed by atoms with van der Waals surface area (Å²) in [5.74, 6) is 0. The molecule has 0 atom stereocenters. The number of benzene rings is 1. The first kappa shape index (κ1) is 13.2. The van der Waals surface area contributed by atoms with Crippen molar-refractivity contribution in [1.29, 1.82) is 0 Å². The number of anilines is 1. The van der Waals surface area contributed by atoms with Gasteiger partial charge in [-0.1, -0.05) is 0 Å². The van der Waals surface area contributed by atoms with Crippen molar-refractivity contribution in [3.05, 3.63) is 34.6 Å². The molecular formula is C13H13N3O5. The molecule has 1 saturated heterocycles. The van der Waals surface area contributed by atoms with Crippen molar-refractivity contribution in [3.63, 3.8) is 0 Å². The van der Waals surface area contributed by atoms with E-state index in [1.54, 1.807) is 6.07 Å². The number of hydrogen-bond acceptors (Lipinski definition) is 5. The number of hydrogen-bond donors (Lipinski definition) is 1. The first-order chi connectivity index (χ1) is 10.1. The number of nitro benzene ring substituents is 1. The van der Waals surface area contributed by atoms with Crippen molar-refractivity contribution in [2.75, 3.05) is 31.1 Å². The standard InChI is InChI=1S/C13H13N3O5/c17-13(18)15-4-2-14(3-5-15)11-8-10(16(19)20)7-9-1-6-21-12(9)11/h1,6-8H,2-5H2,(H,17,18). The predicted octanol–water partition coefficient (Wildman–Crippen LogP) is 2.14. The molecule has 3 rings (SSSR count). The van der Waals surface area contributed by atoms with Crippen LogP contribution in [0.5, 0.6) is 0 Å². The van der Waals surface area contributed by atoms with Gasteiger partial charge in [0.25, 0.3) is 5.69 Å². The normalized spacial score (nSPS) is 15.4. The van der Waals surface area contributed by atoms with E-state index in [9.17, 15) is 14.9 Å². The van der Waals surface area contributed by atoms with Crippen molar-refractivity contribution in [2.24, 2.45) is 0 Å². The lowest BCUT2D eigenvalue weighted by molar-refractivity contribution is -0.384. The molecule has 1 amide bonds. The highest BCUT2D eigenvalue weighted by Crippen LogP contribution is 2.33. The highest BCUT2D eigenvalue weighted by atomic mass is 16.6. The summed E-state index contributed by atoms with van der Waals surface area (Å²) in [5, 5.41) is 20.6. The summed E-state index contributed by atoms with van der Waals surface area (Å²) in [4.78, 5) is 24.7. The molecule has 0 radical (unpaired) electrons. The molecule has 1 aromatic carbocycles. The molecule has 0 unspecified atom stereocenters.